The van der Waals surface area contributed by atoms with E-state index in [1.165, 1.54) is 128 Å². The first kappa shape index (κ1) is 54.6. The summed E-state index contributed by atoms with van der Waals surface area (Å²) in [6.07, 6.45) is 27.3. The summed E-state index contributed by atoms with van der Waals surface area (Å²) in [4.78, 5) is 0.130. The van der Waals surface area contributed by atoms with Crippen molar-refractivity contribution >= 4 is 33.3 Å². The summed E-state index contributed by atoms with van der Waals surface area (Å²) in [5.74, 6) is 0. The summed E-state index contributed by atoms with van der Waals surface area (Å²) < 4.78 is 38.9. The number of aryl methyl sites for hydroxylation is 1. The molecule has 0 bridgehead atoms. The fourth-order valence-electron chi connectivity index (χ4n) is 5.33. The predicted molar refractivity (Wildman–Crippen MR) is 224 cm³/mol. The van der Waals surface area contributed by atoms with E-state index >= 15 is 0 Å². The summed E-state index contributed by atoms with van der Waals surface area (Å²) >= 11 is 9.53. The van der Waals surface area contributed by atoms with Crippen molar-refractivity contribution in [2.24, 2.45) is 0 Å². The highest BCUT2D eigenvalue weighted by atomic mass is 35.5. The van der Waals surface area contributed by atoms with E-state index in [1.807, 2.05) is 6.92 Å². The maximum Gasteiger partial charge on any atom is 0.297 e. The average molecular weight is 816 g/mol. The van der Waals surface area contributed by atoms with E-state index < -0.39 is 22.3 Å². The van der Waals surface area contributed by atoms with Crippen molar-refractivity contribution in [3.8, 4) is 0 Å². The van der Waals surface area contributed by atoms with E-state index in [1.54, 1.807) is 12.1 Å². The Morgan fingerprint density at radius 3 is 1.53 bits per heavy atom. The third kappa shape index (κ3) is 41.0. The Hall–Kier alpha value is -0.490. The Morgan fingerprint density at radius 2 is 1.13 bits per heavy atom. The Morgan fingerprint density at radius 1 is 0.717 bits per heavy atom. The molecule has 11 heteroatoms. The first-order chi connectivity index (χ1) is 25.6. The summed E-state index contributed by atoms with van der Waals surface area (Å²) in [6.45, 7) is 11.3. The van der Waals surface area contributed by atoms with Gasteiger partial charge in [0.15, 0.2) is 0 Å². The fourth-order valence-corrected chi connectivity index (χ4v) is 6.28. The van der Waals surface area contributed by atoms with E-state index in [-0.39, 0.29) is 23.4 Å². The van der Waals surface area contributed by atoms with Crippen LogP contribution in [0.3, 0.4) is 0 Å². The number of rotatable bonds is 26. The molecule has 1 aromatic carbocycles. The number of hydrogen-bond acceptors (Lipinski definition) is 8. The van der Waals surface area contributed by atoms with Gasteiger partial charge < -0.3 is 24.8 Å². The van der Waals surface area contributed by atoms with Crippen molar-refractivity contribution < 1.29 is 37.4 Å². The van der Waals surface area contributed by atoms with E-state index in [0.29, 0.717) is 12.5 Å². The van der Waals surface area contributed by atoms with Gasteiger partial charge in [0, 0.05) is 13.2 Å². The van der Waals surface area contributed by atoms with E-state index in [2.05, 4.69) is 20.8 Å². The molecular weight excluding hydrogens is 735 g/mol. The van der Waals surface area contributed by atoms with Crippen LogP contribution in [0.2, 0.25) is 0 Å². The maximum absolute atomic E-state index is 12.0. The number of ether oxygens (including phenoxy) is 2. The van der Waals surface area contributed by atoms with Gasteiger partial charge >= 0.3 is 0 Å². The molecule has 0 aliphatic carbocycles. The number of aliphatic hydroxyl groups excluding tert-OH is 3. The minimum Gasteiger partial charge on any atom is -0.394 e. The van der Waals surface area contributed by atoms with Crippen LogP contribution in [0.25, 0.3) is 0 Å². The molecule has 316 valence electrons. The second-order valence-electron chi connectivity index (χ2n) is 14.1. The van der Waals surface area contributed by atoms with Gasteiger partial charge in [-0.1, -0.05) is 154 Å². The molecule has 3 N–H and O–H groups in total. The second kappa shape index (κ2) is 41.2. The zero-order valence-electron chi connectivity index (χ0n) is 34.1. The molecule has 0 amide bonds. The molecule has 2 heterocycles. The fraction of sp³-hybridized carbons (Fsp3) is 0.857. The van der Waals surface area contributed by atoms with Crippen LogP contribution in [0.5, 0.6) is 0 Å². The molecule has 1 aromatic rings. The largest absolute Gasteiger partial charge is 0.394 e. The van der Waals surface area contributed by atoms with Crippen LogP contribution >= 0.6 is 23.2 Å². The van der Waals surface area contributed by atoms with Crippen LogP contribution in [0.15, 0.2) is 29.2 Å². The normalized spacial score (nSPS) is 15.7. The summed E-state index contributed by atoms with van der Waals surface area (Å²) in [5, 5.41) is 27.5. The summed E-state index contributed by atoms with van der Waals surface area (Å²) in [5.41, 5.74) is 0.988. The third-order valence-corrected chi connectivity index (χ3v) is 10.1. The number of epoxide rings is 1. The van der Waals surface area contributed by atoms with Gasteiger partial charge in [-0.2, -0.15) is 8.42 Å². The number of aliphatic hydroxyl groups is 3. The lowest BCUT2D eigenvalue weighted by Crippen LogP contribution is -2.19. The third-order valence-electron chi connectivity index (χ3n) is 8.83. The number of halogens is 2. The van der Waals surface area contributed by atoms with Gasteiger partial charge in [-0.15, -0.1) is 23.2 Å². The van der Waals surface area contributed by atoms with E-state index in [0.717, 1.165) is 51.1 Å². The lowest BCUT2D eigenvalue weighted by atomic mass is 10.1. The molecule has 53 heavy (non-hydrogen) atoms. The van der Waals surface area contributed by atoms with Crippen LogP contribution in [0.1, 0.15) is 174 Å². The molecule has 2 aliphatic heterocycles. The highest BCUT2D eigenvalue weighted by Gasteiger charge is 2.21. The monoisotopic (exact) mass is 814 g/mol. The minimum atomic E-state index is -3.77. The quantitative estimate of drug-likeness (QED) is 0.0365. The highest BCUT2D eigenvalue weighted by Crippen LogP contribution is 2.18. The van der Waals surface area contributed by atoms with Crippen LogP contribution < -0.4 is 0 Å². The van der Waals surface area contributed by atoms with Crippen LogP contribution in [0.4, 0.5) is 0 Å². The number of alkyl halides is 2. The second-order valence-corrected chi connectivity index (χ2v) is 16.5. The van der Waals surface area contributed by atoms with Gasteiger partial charge in [0.2, 0.25) is 0 Å². The predicted octanol–water partition coefficient (Wildman–Crippen LogP) is 11.3. The topological polar surface area (TPSA) is 126 Å². The smallest absolute Gasteiger partial charge is 0.297 e. The van der Waals surface area contributed by atoms with Gasteiger partial charge in [-0.25, -0.2) is 0 Å². The zero-order chi connectivity index (χ0) is 39.8. The van der Waals surface area contributed by atoms with Crippen LogP contribution in [0, 0.1) is 6.92 Å². The summed E-state index contributed by atoms with van der Waals surface area (Å²) in [6, 6.07) is 6.49. The lowest BCUT2D eigenvalue weighted by Gasteiger charge is -2.11. The van der Waals surface area contributed by atoms with Gasteiger partial charge in [-0.05, 0) is 51.2 Å². The first-order valence-electron chi connectivity index (χ1n) is 20.9. The summed E-state index contributed by atoms with van der Waals surface area (Å²) in [7, 11) is -3.77. The van der Waals surface area contributed by atoms with Gasteiger partial charge in [0.25, 0.3) is 10.1 Å². The molecule has 1 unspecified atom stereocenters. The molecule has 3 atom stereocenters. The molecule has 0 radical (unpaired) electrons. The SMILES string of the molecule is C1CCOC1.CCCCCCCCC1CO1.CCCCCCCC[C@H](O)CO.CCCCCCCC[C@H](O)COS(=O)(=O)c1ccc(C)cc1.ClCCl. The minimum absolute atomic E-state index is 0.0883. The Labute approximate surface area is 336 Å². The number of unbranched alkanes of at least 4 members (excludes halogenated alkanes) is 15. The molecule has 0 saturated carbocycles. The molecule has 2 saturated heterocycles. The van der Waals surface area contributed by atoms with Crippen molar-refractivity contribution in [2.45, 2.75) is 199 Å². The standard InChI is InChI=1S/C17H28O4S.C10H22O2.C10H20O.C4H8O.CH2Cl2/c1-3-4-5-6-7-8-9-16(18)14-21-22(19,20)17-12-10-15(2)11-13-17;1-2-3-4-5-6-7-8-10(12)9-11;1-2-3-4-5-6-7-8-10-9-11-10;1-2-4-5-3-1;2-1-3/h10-13,16,18H,3-9,14H2,1-2H3;10-12H,2-9H2,1H3;10H,2-9H2,1H3;1-4H2;1H2/t16-;10-;;;/m00.../s1. The Balaban J connectivity index is 0. The molecule has 3 rings (SSSR count). The van der Waals surface area contributed by atoms with Crippen molar-refractivity contribution in [2.75, 3.05) is 38.4 Å². The van der Waals surface area contributed by atoms with Crippen LogP contribution in [-0.2, 0) is 23.8 Å². The van der Waals surface area contributed by atoms with E-state index in [4.69, 9.17) is 47.1 Å². The van der Waals surface area contributed by atoms with Crippen molar-refractivity contribution in [1.29, 1.82) is 0 Å². The lowest BCUT2D eigenvalue weighted by molar-refractivity contribution is 0.0860. The van der Waals surface area contributed by atoms with E-state index in [9.17, 15) is 13.5 Å². The Bertz CT molecular complexity index is 953. The van der Waals surface area contributed by atoms with Gasteiger partial charge in [0.05, 0.1) is 48.4 Å². The average Bonchev–Trinajstić information content (AvgIpc) is 3.77. The van der Waals surface area contributed by atoms with Crippen LogP contribution in [-0.4, -0.2) is 80.4 Å². The molecule has 2 fully saturated rings. The molecular formula is C42H80Cl2O8S. The van der Waals surface area contributed by atoms with Crippen molar-refractivity contribution in [1.82, 2.24) is 0 Å². The number of benzene rings is 1. The molecule has 0 spiro atoms. The van der Waals surface area contributed by atoms with Gasteiger partial charge in [0.1, 0.15) is 0 Å². The molecule has 2 aliphatic rings. The van der Waals surface area contributed by atoms with Crippen molar-refractivity contribution in [3.63, 3.8) is 0 Å². The highest BCUT2D eigenvalue weighted by molar-refractivity contribution is 7.86. The first-order valence-corrected chi connectivity index (χ1v) is 23.3. The zero-order valence-corrected chi connectivity index (χ0v) is 36.4. The molecule has 8 nitrogen and oxygen atoms in total. The Kier molecular flexibility index (Phi) is 42.4. The molecule has 0 aromatic heterocycles. The van der Waals surface area contributed by atoms with Gasteiger partial charge in [-0.3, -0.25) is 4.18 Å². The number of hydrogen-bond donors (Lipinski definition) is 3. The van der Waals surface area contributed by atoms with Crippen molar-refractivity contribution in [3.05, 3.63) is 29.8 Å². The maximum atomic E-state index is 12.0.